The lowest BCUT2D eigenvalue weighted by Gasteiger charge is -2.08. The average molecular weight is 399 g/mol. The second-order valence-electron chi connectivity index (χ2n) is 6.29. The van der Waals surface area contributed by atoms with E-state index in [1.54, 1.807) is 31.2 Å². The molecule has 1 unspecified atom stereocenters. The molecule has 1 aromatic carbocycles. The van der Waals surface area contributed by atoms with Crippen molar-refractivity contribution in [1.29, 1.82) is 0 Å². The van der Waals surface area contributed by atoms with Crippen LogP contribution < -0.4 is 10.9 Å². The summed E-state index contributed by atoms with van der Waals surface area (Å²) in [7, 11) is 0. The van der Waals surface area contributed by atoms with E-state index < -0.39 is 5.91 Å². The van der Waals surface area contributed by atoms with Crippen molar-refractivity contribution in [1.82, 2.24) is 20.0 Å². The Hall–Kier alpha value is -3.14. The number of benzene rings is 1. The fraction of sp³-hybridized carbons (Fsp3) is 0.333. The Labute approximate surface area is 163 Å². The van der Waals surface area contributed by atoms with Crippen LogP contribution in [-0.4, -0.2) is 38.5 Å². The zero-order chi connectivity index (χ0) is 19.7. The summed E-state index contributed by atoms with van der Waals surface area (Å²) >= 11 is 1.33. The number of hydrogen-bond donors (Lipinski definition) is 1. The molecule has 1 N–H and O–H groups in total. The molecule has 1 atom stereocenters. The van der Waals surface area contributed by atoms with Crippen molar-refractivity contribution in [2.45, 2.75) is 32.2 Å². The number of hydrogen-bond acceptors (Lipinski definition) is 8. The zero-order valence-corrected chi connectivity index (χ0v) is 15.9. The lowest BCUT2D eigenvalue weighted by molar-refractivity contribution is -0.145. The van der Waals surface area contributed by atoms with E-state index in [9.17, 15) is 14.4 Å². The van der Waals surface area contributed by atoms with Crippen molar-refractivity contribution >= 4 is 39.2 Å². The molecule has 4 rings (SSSR count). The van der Waals surface area contributed by atoms with E-state index >= 15 is 0 Å². The standard InChI is InChI=1S/C18H17N5O4S/c1-2-27-17(26)11-7-8-13-15(11)20-18(28-13)19-14(24)9-23-16(25)10-5-3-4-6-12(10)21-22-23/h3-6,11H,2,7-9H2,1H3,(H,19,20,24). The molecule has 2 aromatic heterocycles. The molecular weight excluding hydrogens is 382 g/mol. The molecule has 10 heteroatoms. The highest BCUT2D eigenvalue weighted by Crippen LogP contribution is 2.38. The molecular formula is C18H17N5O4S. The van der Waals surface area contributed by atoms with Crippen molar-refractivity contribution in [3.8, 4) is 0 Å². The first-order chi connectivity index (χ1) is 13.6. The van der Waals surface area contributed by atoms with E-state index in [1.807, 2.05) is 0 Å². The highest BCUT2D eigenvalue weighted by Gasteiger charge is 2.33. The summed E-state index contributed by atoms with van der Waals surface area (Å²) in [5.74, 6) is -1.11. The molecule has 0 radical (unpaired) electrons. The van der Waals surface area contributed by atoms with Gasteiger partial charge in [-0.25, -0.2) is 9.67 Å². The van der Waals surface area contributed by atoms with Crippen molar-refractivity contribution in [3.05, 3.63) is 45.2 Å². The summed E-state index contributed by atoms with van der Waals surface area (Å²) in [6.45, 7) is 1.81. The van der Waals surface area contributed by atoms with Crippen LogP contribution in [0.25, 0.3) is 10.9 Å². The first kappa shape index (κ1) is 18.2. The van der Waals surface area contributed by atoms with Gasteiger partial charge in [0.15, 0.2) is 5.13 Å². The number of amides is 1. The minimum absolute atomic E-state index is 0.276. The molecule has 0 bridgehead atoms. The lowest BCUT2D eigenvalue weighted by atomic mass is 10.1. The van der Waals surface area contributed by atoms with Gasteiger partial charge in [0.05, 0.1) is 17.7 Å². The number of nitrogens with zero attached hydrogens (tertiary/aromatic N) is 4. The zero-order valence-electron chi connectivity index (χ0n) is 15.0. The number of rotatable bonds is 5. The van der Waals surface area contributed by atoms with Crippen LogP contribution in [0.3, 0.4) is 0 Å². The predicted molar refractivity (Wildman–Crippen MR) is 102 cm³/mol. The van der Waals surface area contributed by atoms with Gasteiger partial charge in [-0.3, -0.25) is 14.4 Å². The number of carbonyl (C=O) groups is 2. The van der Waals surface area contributed by atoms with Gasteiger partial charge in [0.25, 0.3) is 5.56 Å². The van der Waals surface area contributed by atoms with Crippen LogP contribution in [0.5, 0.6) is 0 Å². The highest BCUT2D eigenvalue weighted by atomic mass is 32.1. The Morgan fingerprint density at radius 2 is 2.18 bits per heavy atom. The fourth-order valence-corrected chi connectivity index (χ4v) is 4.23. The van der Waals surface area contributed by atoms with Crippen LogP contribution in [0.2, 0.25) is 0 Å². The van der Waals surface area contributed by atoms with Gasteiger partial charge in [-0.2, -0.15) is 0 Å². The number of esters is 1. The van der Waals surface area contributed by atoms with Crippen LogP contribution in [0, 0.1) is 0 Å². The number of ether oxygens (including phenoxy) is 1. The molecule has 9 nitrogen and oxygen atoms in total. The number of aryl methyl sites for hydroxylation is 1. The maximum Gasteiger partial charge on any atom is 0.315 e. The van der Waals surface area contributed by atoms with Gasteiger partial charge in [0.1, 0.15) is 18.0 Å². The first-order valence-electron chi connectivity index (χ1n) is 8.85. The monoisotopic (exact) mass is 399 g/mol. The summed E-state index contributed by atoms with van der Waals surface area (Å²) < 4.78 is 6.10. The number of carbonyl (C=O) groups excluding carboxylic acids is 2. The molecule has 3 aromatic rings. The molecule has 1 aliphatic rings. The van der Waals surface area contributed by atoms with E-state index in [-0.39, 0.29) is 24.0 Å². The summed E-state index contributed by atoms with van der Waals surface area (Å²) in [6.07, 6.45) is 1.39. The Kier molecular flexibility index (Phi) is 4.86. The fourth-order valence-electron chi connectivity index (χ4n) is 3.17. The number of fused-ring (bicyclic) bond motifs is 2. The minimum atomic E-state index is -0.438. The number of aromatic nitrogens is 4. The normalized spacial score (nSPS) is 15.4. The Bertz CT molecular complexity index is 1120. The maximum absolute atomic E-state index is 12.4. The Morgan fingerprint density at radius 3 is 3.00 bits per heavy atom. The van der Waals surface area contributed by atoms with Crippen LogP contribution >= 0.6 is 11.3 Å². The van der Waals surface area contributed by atoms with Crippen molar-refractivity contribution in [3.63, 3.8) is 0 Å². The topological polar surface area (TPSA) is 116 Å². The lowest BCUT2D eigenvalue weighted by Crippen LogP contribution is -2.30. The predicted octanol–water partition coefficient (Wildman–Crippen LogP) is 1.48. The van der Waals surface area contributed by atoms with Crippen LogP contribution in [0.15, 0.2) is 29.1 Å². The molecule has 0 fully saturated rings. The molecule has 1 amide bonds. The van der Waals surface area contributed by atoms with E-state index in [4.69, 9.17) is 4.74 Å². The van der Waals surface area contributed by atoms with Gasteiger partial charge in [-0.1, -0.05) is 17.3 Å². The van der Waals surface area contributed by atoms with Crippen LogP contribution in [0.1, 0.15) is 29.8 Å². The van der Waals surface area contributed by atoms with E-state index in [0.717, 1.165) is 16.0 Å². The van der Waals surface area contributed by atoms with E-state index in [0.29, 0.717) is 34.8 Å². The third-order valence-electron chi connectivity index (χ3n) is 4.46. The van der Waals surface area contributed by atoms with Crippen LogP contribution in [-0.2, 0) is 27.3 Å². The van der Waals surface area contributed by atoms with Crippen molar-refractivity contribution < 1.29 is 14.3 Å². The van der Waals surface area contributed by atoms with Gasteiger partial charge in [-0.15, -0.1) is 16.4 Å². The number of thiazole rings is 1. The Balaban J connectivity index is 1.48. The van der Waals surface area contributed by atoms with E-state index in [2.05, 4.69) is 20.6 Å². The van der Waals surface area contributed by atoms with Gasteiger partial charge < -0.3 is 10.1 Å². The average Bonchev–Trinajstić information content (AvgIpc) is 3.24. The number of anilines is 1. The third kappa shape index (κ3) is 3.38. The molecule has 28 heavy (non-hydrogen) atoms. The SMILES string of the molecule is CCOC(=O)C1CCc2sc(NC(=O)Cn3nnc4ccccc4c3=O)nc21. The molecule has 0 saturated carbocycles. The summed E-state index contributed by atoms with van der Waals surface area (Å²) in [4.78, 5) is 42.2. The minimum Gasteiger partial charge on any atom is -0.465 e. The van der Waals surface area contributed by atoms with Gasteiger partial charge in [0.2, 0.25) is 5.91 Å². The van der Waals surface area contributed by atoms with Crippen LogP contribution in [0.4, 0.5) is 5.13 Å². The molecule has 0 spiro atoms. The molecule has 0 saturated heterocycles. The Morgan fingerprint density at radius 1 is 1.36 bits per heavy atom. The van der Waals surface area contributed by atoms with Crippen molar-refractivity contribution in [2.24, 2.45) is 0 Å². The highest BCUT2D eigenvalue weighted by molar-refractivity contribution is 7.16. The summed E-state index contributed by atoms with van der Waals surface area (Å²) in [6, 6.07) is 6.82. The van der Waals surface area contributed by atoms with Gasteiger partial charge in [-0.05, 0) is 31.9 Å². The second-order valence-corrected chi connectivity index (χ2v) is 7.37. The van der Waals surface area contributed by atoms with E-state index in [1.165, 1.54) is 11.3 Å². The first-order valence-corrected chi connectivity index (χ1v) is 9.67. The smallest absolute Gasteiger partial charge is 0.315 e. The number of nitrogens with one attached hydrogen (secondary N) is 1. The second kappa shape index (κ2) is 7.47. The summed E-state index contributed by atoms with van der Waals surface area (Å²) in [5, 5.41) is 11.2. The molecule has 0 aliphatic heterocycles. The molecule has 144 valence electrons. The quantitative estimate of drug-likeness (QED) is 0.646. The molecule has 2 heterocycles. The third-order valence-corrected chi connectivity index (χ3v) is 5.50. The molecule has 1 aliphatic carbocycles. The summed E-state index contributed by atoms with van der Waals surface area (Å²) in [5.41, 5.74) is 0.761. The van der Waals surface area contributed by atoms with Gasteiger partial charge in [0, 0.05) is 4.88 Å². The maximum atomic E-state index is 12.4. The van der Waals surface area contributed by atoms with Crippen molar-refractivity contribution in [2.75, 3.05) is 11.9 Å². The largest absolute Gasteiger partial charge is 0.465 e. The van der Waals surface area contributed by atoms with Gasteiger partial charge >= 0.3 is 5.97 Å².